The molecule has 0 bridgehead atoms. The van der Waals surface area contributed by atoms with Gasteiger partial charge in [0.15, 0.2) is 0 Å². The Morgan fingerprint density at radius 3 is 1.00 bits per heavy atom. The maximum absolute atomic E-state index is 11.4. The van der Waals surface area contributed by atoms with E-state index >= 15 is 0 Å². The molecule has 1 fully saturated rings. The molecule has 34 heavy (non-hydrogen) atoms. The van der Waals surface area contributed by atoms with Crippen LogP contribution >= 0.6 is 0 Å². The van der Waals surface area contributed by atoms with Gasteiger partial charge in [-0.25, -0.2) is 9.59 Å². The van der Waals surface area contributed by atoms with E-state index in [9.17, 15) is 19.8 Å². The van der Waals surface area contributed by atoms with Crippen molar-refractivity contribution in [3.63, 3.8) is 0 Å². The van der Waals surface area contributed by atoms with Crippen LogP contribution in [0.1, 0.15) is 66.6 Å². The molecular weight excluding hydrogens is 428 g/mol. The number of pyridine rings is 2. The van der Waals surface area contributed by atoms with E-state index in [1.165, 1.54) is 0 Å². The molecule has 2 heterocycles. The molecule has 0 radical (unpaired) electrons. The maximum Gasteiger partial charge on any atom is 0.335 e. The molecule has 168 valence electrons. The Labute approximate surface area is 196 Å². The molecule has 2 N–H and O–H groups in total. The van der Waals surface area contributed by atoms with Crippen LogP contribution in [0, 0.1) is 0 Å². The Kier molecular flexibility index (Phi) is 5.64. The fraction of sp³-hybridized carbons (Fsp3) is 0.143. The molecule has 5 rings (SSSR count). The van der Waals surface area contributed by atoms with Crippen molar-refractivity contribution in [2.75, 3.05) is 0 Å². The van der Waals surface area contributed by atoms with Crippen LogP contribution in [0.3, 0.4) is 0 Å². The molecule has 1 aliphatic carbocycles. The van der Waals surface area contributed by atoms with Crippen LogP contribution in [0.25, 0.3) is 0 Å². The summed E-state index contributed by atoms with van der Waals surface area (Å²) in [6, 6.07) is 22.3. The minimum atomic E-state index is -0.957. The van der Waals surface area contributed by atoms with Crippen LogP contribution in [0.15, 0.2) is 97.6 Å². The summed E-state index contributed by atoms with van der Waals surface area (Å²) in [5, 5.41) is 18.7. The van der Waals surface area contributed by atoms with Gasteiger partial charge in [-0.3, -0.25) is 9.97 Å². The van der Waals surface area contributed by atoms with Gasteiger partial charge in [-0.05, 0) is 94.5 Å². The molecular formula is C28H22N2O4. The Hall–Kier alpha value is -4.32. The Morgan fingerprint density at radius 1 is 0.471 bits per heavy atom. The van der Waals surface area contributed by atoms with Crippen LogP contribution in [0.2, 0.25) is 0 Å². The number of hydrogen-bond acceptors (Lipinski definition) is 4. The van der Waals surface area contributed by atoms with E-state index in [0.717, 1.165) is 22.3 Å². The van der Waals surface area contributed by atoms with Gasteiger partial charge in [0.1, 0.15) is 0 Å². The lowest BCUT2D eigenvalue weighted by Gasteiger charge is -2.53. The van der Waals surface area contributed by atoms with E-state index in [2.05, 4.69) is 9.97 Å². The Balaban J connectivity index is 1.65. The summed E-state index contributed by atoms with van der Waals surface area (Å²) in [7, 11) is 0. The first kappa shape index (κ1) is 21.5. The highest BCUT2D eigenvalue weighted by Crippen LogP contribution is 2.66. The van der Waals surface area contributed by atoms with Crippen LogP contribution < -0.4 is 0 Å². The smallest absolute Gasteiger partial charge is 0.335 e. The van der Waals surface area contributed by atoms with Crippen LogP contribution in [-0.2, 0) is 0 Å². The van der Waals surface area contributed by atoms with Crippen LogP contribution in [0.4, 0.5) is 0 Å². The number of hydrogen-bond donors (Lipinski definition) is 2. The minimum absolute atomic E-state index is 0.0686. The molecule has 2 aromatic carbocycles. The molecule has 0 saturated heterocycles. The number of aromatic nitrogens is 2. The zero-order chi connectivity index (χ0) is 23.7. The summed E-state index contributed by atoms with van der Waals surface area (Å²) in [5.74, 6) is -1.52. The van der Waals surface area contributed by atoms with Gasteiger partial charge in [-0.15, -0.1) is 0 Å². The van der Waals surface area contributed by atoms with Crippen molar-refractivity contribution in [2.24, 2.45) is 0 Å². The lowest BCUT2D eigenvalue weighted by molar-refractivity contribution is 0.0686. The summed E-state index contributed by atoms with van der Waals surface area (Å²) < 4.78 is 0. The number of nitrogens with zero attached hydrogens (tertiary/aromatic N) is 2. The predicted molar refractivity (Wildman–Crippen MR) is 126 cm³/mol. The largest absolute Gasteiger partial charge is 0.478 e. The lowest BCUT2D eigenvalue weighted by Crippen LogP contribution is -2.40. The third-order valence-corrected chi connectivity index (χ3v) is 6.81. The summed E-state index contributed by atoms with van der Waals surface area (Å²) in [6.07, 6.45) is 7.16. The van der Waals surface area contributed by atoms with E-state index in [4.69, 9.17) is 0 Å². The lowest BCUT2D eigenvalue weighted by atomic mass is 9.49. The average molecular weight is 450 g/mol. The predicted octanol–water partition coefficient (Wildman–Crippen LogP) is 5.32. The molecule has 0 amide bonds. The molecule has 2 aromatic heterocycles. The van der Waals surface area contributed by atoms with E-state index in [1.807, 2.05) is 48.5 Å². The van der Waals surface area contributed by atoms with Crippen molar-refractivity contribution in [1.29, 1.82) is 0 Å². The van der Waals surface area contributed by atoms with E-state index in [-0.39, 0.29) is 34.8 Å². The third-order valence-electron chi connectivity index (χ3n) is 6.81. The number of carboxylic acid groups (broad SMARTS) is 2. The second kappa shape index (κ2) is 8.90. The monoisotopic (exact) mass is 450 g/mol. The second-order valence-electron chi connectivity index (χ2n) is 8.52. The first-order valence-corrected chi connectivity index (χ1v) is 11.0. The highest BCUT2D eigenvalue weighted by Gasteiger charge is 2.52. The van der Waals surface area contributed by atoms with E-state index in [0.29, 0.717) is 0 Å². The molecule has 0 unspecified atom stereocenters. The van der Waals surface area contributed by atoms with E-state index in [1.54, 1.807) is 49.1 Å². The fourth-order valence-electron chi connectivity index (χ4n) is 5.27. The van der Waals surface area contributed by atoms with Crippen molar-refractivity contribution in [3.8, 4) is 0 Å². The van der Waals surface area contributed by atoms with Gasteiger partial charge in [0.05, 0.1) is 11.1 Å². The molecule has 4 atom stereocenters. The van der Waals surface area contributed by atoms with Crippen LogP contribution in [0.5, 0.6) is 0 Å². The average Bonchev–Trinajstić information content (AvgIpc) is 2.85. The van der Waals surface area contributed by atoms with Gasteiger partial charge in [0, 0.05) is 24.8 Å². The van der Waals surface area contributed by atoms with Crippen molar-refractivity contribution >= 4 is 11.9 Å². The molecule has 0 aliphatic heterocycles. The summed E-state index contributed by atoms with van der Waals surface area (Å²) >= 11 is 0. The molecule has 0 spiro atoms. The highest BCUT2D eigenvalue weighted by molar-refractivity contribution is 5.88. The fourth-order valence-corrected chi connectivity index (χ4v) is 5.27. The van der Waals surface area contributed by atoms with E-state index < -0.39 is 11.9 Å². The molecule has 1 saturated carbocycles. The van der Waals surface area contributed by atoms with Crippen molar-refractivity contribution in [1.82, 2.24) is 9.97 Å². The Bertz CT molecular complexity index is 1200. The van der Waals surface area contributed by atoms with Crippen molar-refractivity contribution in [3.05, 3.63) is 131 Å². The van der Waals surface area contributed by atoms with Gasteiger partial charge in [-0.1, -0.05) is 24.3 Å². The maximum atomic E-state index is 11.4. The highest BCUT2D eigenvalue weighted by atomic mass is 16.4. The minimum Gasteiger partial charge on any atom is -0.478 e. The van der Waals surface area contributed by atoms with Gasteiger partial charge in [0.25, 0.3) is 0 Å². The first-order chi connectivity index (χ1) is 16.5. The van der Waals surface area contributed by atoms with Crippen molar-refractivity contribution in [2.45, 2.75) is 23.7 Å². The first-order valence-electron chi connectivity index (χ1n) is 11.0. The molecule has 6 heteroatoms. The van der Waals surface area contributed by atoms with Crippen molar-refractivity contribution < 1.29 is 19.8 Å². The summed E-state index contributed by atoms with van der Waals surface area (Å²) in [5.41, 5.74) is 4.90. The number of carboxylic acids is 2. The topological polar surface area (TPSA) is 100 Å². The number of rotatable bonds is 6. The van der Waals surface area contributed by atoms with Gasteiger partial charge in [-0.2, -0.15) is 0 Å². The molecule has 6 nitrogen and oxygen atoms in total. The normalized spacial score (nSPS) is 21.4. The number of aromatic carboxylic acids is 2. The SMILES string of the molecule is O=C(O)c1ccc([C@@H]2[C@@H](c3ccncc3)[C@@H](c3ccncc3)[C@@H]2c2ccc(C(=O)O)cc2)cc1. The van der Waals surface area contributed by atoms with Gasteiger partial charge < -0.3 is 10.2 Å². The quantitative estimate of drug-likeness (QED) is 0.412. The Morgan fingerprint density at radius 2 is 0.735 bits per heavy atom. The zero-order valence-corrected chi connectivity index (χ0v) is 18.2. The van der Waals surface area contributed by atoms with Gasteiger partial charge >= 0.3 is 11.9 Å². The van der Waals surface area contributed by atoms with Crippen LogP contribution in [-0.4, -0.2) is 32.1 Å². The molecule has 4 aromatic rings. The second-order valence-corrected chi connectivity index (χ2v) is 8.52. The number of benzene rings is 2. The standard InChI is InChI=1S/C28H22N2O4/c31-27(32)21-5-1-17(2-6-21)23-24(18-3-7-22(8-4-18)28(33)34)26(20-11-15-30-16-12-20)25(23)19-9-13-29-14-10-19/h1-16,23-26H,(H,31,32)(H,33,34)/t23-,24+,25+,26-. The third kappa shape index (κ3) is 3.83. The zero-order valence-electron chi connectivity index (χ0n) is 18.2. The summed E-state index contributed by atoms with van der Waals surface area (Å²) in [6.45, 7) is 0. The van der Waals surface area contributed by atoms with Gasteiger partial charge in [0.2, 0.25) is 0 Å². The summed E-state index contributed by atoms with van der Waals surface area (Å²) in [4.78, 5) is 31.2. The molecule has 1 aliphatic rings. The number of carbonyl (C=O) groups is 2.